The maximum absolute atomic E-state index is 14.4. The quantitative estimate of drug-likeness (QED) is 0.895. The third kappa shape index (κ3) is 4.44. The van der Waals surface area contributed by atoms with Gasteiger partial charge in [0.25, 0.3) is 0 Å². The molecule has 0 spiro atoms. The third-order valence-electron chi connectivity index (χ3n) is 4.34. The molecule has 0 saturated carbocycles. The molecule has 1 atom stereocenters. The Kier molecular flexibility index (Phi) is 4.92. The molecule has 0 amide bonds. The predicted molar refractivity (Wildman–Crippen MR) is 88.2 cm³/mol. The van der Waals surface area contributed by atoms with Gasteiger partial charge in [0, 0.05) is 25.2 Å². The largest absolute Gasteiger partial charge is 0.369 e. The fourth-order valence-electron chi connectivity index (χ4n) is 2.83. The average molecular weight is 292 g/mol. The second-order valence-corrected chi connectivity index (χ2v) is 7.63. The van der Waals surface area contributed by atoms with Crippen LogP contribution in [0, 0.1) is 17.7 Å². The van der Waals surface area contributed by atoms with Gasteiger partial charge in [0.05, 0.1) is 5.69 Å². The third-order valence-corrected chi connectivity index (χ3v) is 4.34. The van der Waals surface area contributed by atoms with Crippen molar-refractivity contribution in [2.24, 2.45) is 11.8 Å². The van der Waals surface area contributed by atoms with Crippen LogP contribution in [-0.2, 0) is 6.54 Å². The first kappa shape index (κ1) is 16.3. The minimum Gasteiger partial charge on any atom is -0.369 e. The van der Waals surface area contributed by atoms with E-state index < -0.39 is 0 Å². The molecule has 0 aliphatic carbocycles. The van der Waals surface area contributed by atoms with Gasteiger partial charge in [-0.2, -0.15) is 0 Å². The SMILES string of the molecule is CC(C)C1CCN(c2ccc(CNC(C)(C)C)cc2F)C1. The minimum atomic E-state index is -0.0902. The molecule has 3 heteroatoms. The Labute approximate surface area is 128 Å². The van der Waals surface area contributed by atoms with E-state index in [0.717, 1.165) is 24.3 Å². The van der Waals surface area contributed by atoms with E-state index in [1.807, 2.05) is 12.1 Å². The van der Waals surface area contributed by atoms with Gasteiger partial charge >= 0.3 is 0 Å². The number of halogens is 1. The molecule has 1 unspecified atom stereocenters. The second-order valence-electron chi connectivity index (χ2n) is 7.63. The number of rotatable bonds is 4. The van der Waals surface area contributed by atoms with E-state index in [4.69, 9.17) is 0 Å². The summed E-state index contributed by atoms with van der Waals surface area (Å²) in [7, 11) is 0. The van der Waals surface area contributed by atoms with E-state index in [0.29, 0.717) is 18.4 Å². The monoisotopic (exact) mass is 292 g/mol. The lowest BCUT2D eigenvalue weighted by Crippen LogP contribution is -2.35. The summed E-state index contributed by atoms with van der Waals surface area (Å²) in [5.74, 6) is 1.27. The fourth-order valence-corrected chi connectivity index (χ4v) is 2.83. The van der Waals surface area contributed by atoms with Gasteiger partial charge in [-0.3, -0.25) is 0 Å². The Balaban J connectivity index is 2.03. The van der Waals surface area contributed by atoms with Crippen LogP contribution in [0.3, 0.4) is 0 Å². The smallest absolute Gasteiger partial charge is 0.146 e. The van der Waals surface area contributed by atoms with Gasteiger partial charge in [-0.25, -0.2) is 4.39 Å². The topological polar surface area (TPSA) is 15.3 Å². The number of hydrogen-bond donors (Lipinski definition) is 1. The molecule has 2 nitrogen and oxygen atoms in total. The summed E-state index contributed by atoms with van der Waals surface area (Å²) in [5.41, 5.74) is 1.82. The van der Waals surface area contributed by atoms with Crippen LogP contribution in [0.1, 0.15) is 46.6 Å². The van der Waals surface area contributed by atoms with Gasteiger partial charge in [0.15, 0.2) is 0 Å². The van der Waals surface area contributed by atoms with E-state index in [9.17, 15) is 4.39 Å². The molecule has 0 bridgehead atoms. The van der Waals surface area contributed by atoms with Gasteiger partial charge in [-0.1, -0.05) is 19.9 Å². The normalized spacial score (nSPS) is 19.6. The van der Waals surface area contributed by atoms with Crippen LogP contribution in [0.2, 0.25) is 0 Å². The van der Waals surface area contributed by atoms with E-state index in [-0.39, 0.29) is 11.4 Å². The lowest BCUT2D eigenvalue weighted by Gasteiger charge is -2.23. The molecule has 0 radical (unpaired) electrons. The van der Waals surface area contributed by atoms with Crippen molar-refractivity contribution < 1.29 is 4.39 Å². The van der Waals surface area contributed by atoms with Crippen molar-refractivity contribution in [1.82, 2.24) is 5.32 Å². The molecule has 1 fully saturated rings. The number of nitrogens with zero attached hydrogens (tertiary/aromatic N) is 1. The zero-order valence-corrected chi connectivity index (χ0v) is 14.0. The highest BCUT2D eigenvalue weighted by Crippen LogP contribution is 2.30. The van der Waals surface area contributed by atoms with Crippen molar-refractivity contribution in [3.05, 3.63) is 29.6 Å². The summed E-state index contributed by atoms with van der Waals surface area (Å²) < 4.78 is 14.4. The molecule has 1 aromatic carbocycles. The Hall–Kier alpha value is -1.09. The first-order chi connectivity index (χ1) is 9.76. The maximum Gasteiger partial charge on any atom is 0.146 e. The van der Waals surface area contributed by atoms with E-state index in [1.54, 1.807) is 6.07 Å². The lowest BCUT2D eigenvalue weighted by atomic mass is 9.95. The van der Waals surface area contributed by atoms with Crippen molar-refractivity contribution in [1.29, 1.82) is 0 Å². The van der Waals surface area contributed by atoms with Crippen LogP contribution in [0.25, 0.3) is 0 Å². The molecular weight excluding hydrogens is 263 g/mol. The van der Waals surface area contributed by atoms with Crippen LogP contribution >= 0.6 is 0 Å². The summed E-state index contributed by atoms with van der Waals surface area (Å²) in [6.45, 7) is 13.5. The zero-order valence-electron chi connectivity index (χ0n) is 14.0. The lowest BCUT2D eigenvalue weighted by molar-refractivity contribution is 0.422. The summed E-state index contributed by atoms with van der Waals surface area (Å²) in [6.07, 6.45) is 1.17. The van der Waals surface area contributed by atoms with Crippen molar-refractivity contribution in [3.63, 3.8) is 0 Å². The summed E-state index contributed by atoms with van der Waals surface area (Å²) in [5, 5.41) is 3.40. The summed E-state index contributed by atoms with van der Waals surface area (Å²) >= 11 is 0. The highest BCUT2D eigenvalue weighted by molar-refractivity contribution is 5.50. The molecule has 1 N–H and O–H groups in total. The molecule has 1 aliphatic rings. The zero-order chi connectivity index (χ0) is 15.6. The number of nitrogens with one attached hydrogen (secondary N) is 1. The van der Waals surface area contributed by atoms with Gasteiger partial charge in [-0.15, -0.1) is 0 Å². The van der Waals surface area contributed by atoms with Crippen LogP contribution in [0.5, 0.6) is 0 Å². The van der Waals surface area contributed by atoms with Crippen molar-refractivity contribution >= 4 is 5.69 Å². The Morgan fingerprint density at radius 2 is 2.05 bits per heavy atom. The molecule has 0 aromatic heterocycles. The van der Waals surface area contributed by atoms with E-state index >= 15 is 0 Å². The van der Waals surface area contributed by atoms with Crippen LogP contribution < -0.4 is 10.2 Å². The summed E-state index contributed by atoms with van der Waals surface area (Å²) in [6, 6.07) is 5.66. The molecule has 2 rings (SSSR count). The van der Waals surface area contributed by atoms with E-state index in [2.05, 4.69) is 44.8 Å². The average Bonchev–Trinajstić information content (AvgIpc) is 2.85. The Bertz CT molecular complexity index is 477. The number of anilines is 1. The minimum absolute atomic E-state index is 0.0502. The number of hydrogen-bond acceptors (Lipinski definition) is 2. The van der Waals surface area contributed by atoms with Crippen LogP contribution in [-0.4, -0.2) is 18.6 Å². The molecule has 1 aliphatic heterocycles. The molecular formula is C18H29FN2. The molecule has 118 valence electrons. The van der Waals surface area contributed by atoms with Crippen LogP contribution in [0.4, 0.5) is 10.1 Å². The highest BCUT2D eigenvalue weighted by atomic mass is 19.1. The molecule has 21 heavy (non-hydrogen) atoms. The van der Waals surface area contributed by atoms with Crippen LogP contribution in [0.15, 0.2) is 18.2 Å². The van der Waals surface area contributed by atoms with Crippen molar-refractivity contribution in [2.45, 2.75) is 53.1 Å². The van der Waals surface area contributed by atoms with E-state index in [1.165, 1.54) is 6.42 Å². The second kappa shape index (κ2) is 6.35. The first-order valence-electron chi connectivity index (χ1n) is 8.04. The predicted octanol–water partition coefficient (Wildman–Crippen LogP) is 4.20. The fraction of sp³-hybridized carbons (Fsp3) is 0.667. The van der Waals surface area contributed by atoms with Gasteiger partial charge in [-0.05, 0) is 56.7 Å². The highest BCUT2D eigenvalue weighted by Gasteiger charge is 2.26. The Morgan fingerprint density at radius 3 is 2.57 bits per heavy atom. The maximum atomic E-state index is 14.4. The van der Waals surface area contributed by atoms with Gasteiger partial charge in [0.1, 0.15) is 5.82 Å². The first-order valence-corrected chi connectivity index (χ1v) is 8.04. The van der Waals surface area contributed by atoms with Gasteiger partial charge < -0.3 is 10.2 Å². The van der Waals surface area contributed by atoms with Gasteiger partial charge in [0.2, 0.25) is 0 Å². The molecule has 1 saturated heterocycles. The molecule has 1 heterocycles. The van der Waals surface area contributed by atoms with Crippen molar-refractivity contribution in [3.8, 4) is 0 Å². The summed E-state index contributed by atoms with van der Waals surface area (Å²) in [4.78, 5) is 2.20. The Morgan fingerprint density at radius 1 is 1.33 bits per heavy atom. The molecule has 1 aromatic rings. The number of benzene rings is 1. The van der Waals surface area contributed by atoms with Crippen molar-refractivity contribution in [2.75, 3.05) is 18.0 Å². The standard InChI is InChI=1S/C18H29FN2/c1-13(2)15-8-9-21(12-15)17-7-6-14(10-16(17)19)11-20-18(3,4)5/h6-7,10,13,15,20H,8-9,11-12H2,1-5H3.